The second kappa shape index (κ2) is 5.79. The lowest BCUT2D eigenvalue weighted by molar-refractivity contribution is -0.144. The third kappa shape index (κ3) is 3.05. The lowest BCUT2D eigenvalue weighted by atomic mass is 9.68. The number of rotatable bonds is 3. The summed E-state index contributed by atoms with van der Waals surface area (Å²) in [5.41, 5.74) is 1.10. The summed E-state index contributed by atoms with van der Waals surface area (Å²) in [5, 5.41) is 0.211. The fourth-order valence-corrected chi connectivity index (χ4v) is 4.35. The van der Waals surface area contributed by atoms with Gasteiger partial charge in [0.2, 0.25) is 5.91 Å². The summed E-state index contributed by atoms with van der Waals surface area (Å²) in [6.45, 7) is 14.1. The highest BCUT2D eigenvalue weighted by molar-refractivity contribution is 6.74. The highest BCUT2D eigenvalue weighted by Gasteiger charge is 2.47. The van der Waals surface area contributed by atoms with Crippen LogP contribution in [-0.4, -0.2) is 38.8 Å². The van der Waals surface area contributed by atoms with E-state index in [0.29, 0.717) is 6.61 Å². The fourth-order valence-electron chi connectivity index (χ4n) is 3.31. The van der Waals surface area contributed by atoms with E-state index >= 15 is 0 Å². The number of carbonyl (C=O) groups is 1. The van der Waals surface area contributed by atoms with E-state index in [0.717, 1.165) is 25.7 Å². The van der Waals surface area contributed by atoms with Crippen LogP contribution in [0.3, 0.4) is 0 Å². The number of allylic oxidation sites excluding steroid dienone is 1. The zero-order chi connectivity index (χ0) is 16.8. The van der Waals surface area contributed by atoms with Crippen molar-refractivity contribution in [2.45, 2.75) is 77.6 Å². The van der Waals surface area contributed by atoms with Crippen LogP contribution in [-0.2, 0) is 9.22 Å². The number of piperidine rings is 1. The van der Waals surface area contributed by atoms with Gasteiger partial charge in [-0.05, 0) is 50.7 Å². The molecule has 1 saturated heterocycles. The van der Waals surface area contributed by atoms with Crippen LogP contribution >= 0.6 is 0 Å². The molecule has 0 radical (unpaired) electrons. The van der Waals surface area contributed by atoms with Crippen molar-refractivity contribution < 1.29 is 9.22 Å². The van der Waals surface area contributed by atoms with Crippen molar-refractivity contribution in [1.82, 2.24) is 4.90 Å². The molecule has 2 aliphatic rings. The SMILES string of the molecule is CN1C(=O)[C@@]2(C)CCCC=C2C[C@H]1CO[Si](C)(C)C(C)(C)C. The number of fused-ring (bicyclic) bond motifs is 1. The van der Waals surface area contributed by atoms with Gasteiger partial charge >= 0.3 is 0 Å². The van der Waals surface area contributed by atoms with E-state index in [2.05, 4.69) is 46.9 Å². The Morgan fingerprint density at radius 1 is 1.41 bits per heavy atom. The molecule has 0 N–H and O–H groups in total. The van der Waals surface area contributed by atoms with Crippen LogP contribution in [0, 0.1) is 5.41 Å². The van der Waals surface area contributed by atoms with Crippen molar-refractivity contribution in [2.24, 2.45) is 5.41 Å². The normalized spacial score (nSPS) is 30.1. The molecule has 1 aliphatic heterocycles. The van der Waals surface area contributed by atoms with Crippen molar-refractivity contribution in [2.75, 3.05) is 13.7 Å². The Labute approximate surface area is 137 Å². The number of carbonyl (C=O) groups excluding carboxylic acids is 1. The maximum absolute atomic E-state index is 12.9. The number of likely N-dealkylation sites (N-methyl/N-ethyl adjacent to an activating group) is 1. The Balaban J connectivity index is 2.11. The van der Waals surface area contributed by atoms with Crippen molar-refractivity contribution in [1.29, 1.82) is 0 Å². The van der Waals surface area contributed by atoms with Crippen LogP contribution in [0.5, 0.6) is 0 Å². The smallest absolute Gasteiger partial charge is 0.232 e. The molecule has 0 aromatic carbocycles. The first-order valence-corrected chi connectivity index (χ1v) is 11.5. The van der Waals surface area contributed by atoms with Gasteiger partial charge in [-0.3, -0.25) is 4.79 Å². The summed E-state index contributed by atoms with van der Waals surface area (Å²) in [5.74, 6) is 0.286. The van der Waals surface area contributed by atoms with Gasteiger partial charge in [0.1, 0.15) is 0 Å². The molecule has 0 aromatic rings. The molecular formula is C18H33NO2Si. The summed E-state index contributed by atoms with van der Waals surface area (Å²) in [7, 11) is 0.197. The lowest BCUT2D eigenvalue weighted by Crippen LogP contribution is -2.55. The second-order valence-corrected chi connectivity index (χ2v) is 13.6. The third-order valence-electron chi connectivity index (χ3n) is 6.22. The van der Waals surface area contributed by atoms with Gasteiger partial charge in [0.25, 0.3) is 0 Å². The molecule has 126 valence electrons. The van der Waals surface area contributed by atoms with E-state index in [1.165, 1.54) is 5.57 Å². The standard InChI is InChI=1S/C18H33NO2Si/c1-17(2,3)22(6,7)21-13-15-12-14-10-8-9-11-18(14,4)16(20)19(15)5/h10,15H,8-9,11-13H2,1-7H3/t15-,18-/m0/s1. The molecule has 4 heteroatoms. The molecule has 1 amide bonds. The lowest BCUT2D eigenvalue weighted by Gasteiger charge is -2.47. The summed E-state index contributed by atoms with van der Waals surface area (Å²) in [6, 6.07) is 0.194. The zero-order valence-corrected chi connectivity index (χ0v) is 16.5. The molecule has 0 saturated carbocycles. The molecule has 22 heavy (non-hydrogen) atoms. The van der Waals surface area contributed by atoms with Gasteiger partial charge in [-0.25, -0.2) is 0 Å². The number of hydrogen-bond acceptors (Lipinski definition) is 2. The highest BCUT2D eigenvalue weighted by atomic mass is 28.4. The summed E-state index contributed by atoms with van der Waals surface area (Å²) >= 11 is 0. The third-order valence-corrected chi connectivity index (χ3v) is 10.7. The molecule has 0 bridgehead atoms. The van der Waals surface area contributed by atoms with Gasteiger partial charge in [-0.15, -0.1) is 0 Å². The first-order chi connectivity index (χ1) is 9.99. The van der Waals surface area contributed by atoms with E-state index in [4.69, 9.17) is 4.43 Å². The minimum Gasteiger partial charge on any atom is -0.415 e. The van der Waals surface area contributed by atoms with E-state index in [9.17, 15) is 4.79 Å². The van der Waals surface area contributed by atoms with Crippen molar-refractivity contribution in [3.8, 4) is 0 Å². The monoisotopic (exact) mass is 323 g/mol. The van der Waals surface area contributed by atoms with Gasteiger partial charge in [0, 0.05) is 7.05 Å². The Bertz CT molecular complexity index is 478. The summed E-state index contributed by atoms with van der Waals surface area (Å²) < 4.78 is 6.38. The number of hydrogen-bond donors (Lipinski definition) is 0. The minimum absolute atomic E-state index is 0.194. The topological polar surface area (TPSA) is 29.5 Å². The van der Waals surface area contributed by atoms with Crippen LogP contribution in [0.4, 0.5) is 0 Å². The predicted molar refractivity (Wildman–Crippen MR) is 94.4 cm³/mol. The molecule has 2 atom stereocenters. The van der Waals surface area contributed by atoms with Crippen molar-refractivity contribution >= 4 is 14.2 Å². The predicted octanol–water partition coefficient (Wildman–Crippen LogP) is 4.36. The molecule has 1 fully saturated rings. The van der Waals surface area contributed by atoms with Gasteiger partial charge in [0.15, 0.2) is 8.32 Å². The number of nitrogens with zero attached hydrogens (tertiary/aromatic N) is 1. The Morgan fingerprint density at radius 3 is 2.64 bits per heavy atom. The minimum atomic E-state index is -1.76. The van der Waals surface area contributed by atoms with Gasteiger partial charge in [-0.2, -0.15) is 0 Å². The molecule has 0 spiro atoms. The zero-order valence-electron chi connectivity index (χ0n) is 15.5. The first kappa shape index (κ1) is 17.7. The van der Waals surface area contributed by atoms with Crippen LogP contribution in [0.25, 0.3) is 0 Å². The van der Waals surface area contributed by atoms with Crippen molar-refractivity contribution in [3.05, 3.63) is 11.6 Å². The van der Waals surface area contributed by atoms with E-state index in [1.807, 2.05) is 11.9 Å². The van der Waals surface area contributed by atoms with Crippen molar-refractivity contribution in [3.63, 3.8) is 0 Å². The van der Waals surface area contributed by atoms with Gasteiger partial charge in [0.05, 0.1) is 18.1 Å². The molecule has 0 unspecified atom stereocenters. The van der Waals surface area contributed by atoms with E-state index in [-0.39, 0.29) is 22.4 Å². The Morgan fingerprint density at radius 2 is 2.05 bits per heavy atom. The molecular weight excluding hydrogens is 290 g/mol. The molecule has 3 nitrogen and oxygen atoms in total. The molecule has 1 aliphatic carbocycles. The summed E-state index contributed by atoms with van der Waals surface area (Å²) in [4.78, 5) is 14.8. The Kier molecular flexibility index (Phi) is 4.67. The number of likely N-dealkylation sites (tertiary alicyclic amines) is 1. The van der Waals surface area contributed by atoms with Crippen LogP contribution in [0.15, 0.2) is 11.6 Å². The quantitative estimate of drug-likeness (QED) is 0.570. The fraction of sp³-hybridized carbons (Fsp3) is 0.833. The highest BCUT2D eigenvalue weighted by Crippen LogP contribution is 2.45. The Hall–Kier alpha value is -0.613. The number of amides is 1. The maximum Gasteiger partial charge on any atom is 0.232 e. The average Bonchev–Trinajstić information content (AvgIpc) is 2.41. The average molecular weight is 324 g/mol. The van der Waals surface area contributed by atoms with Gasteiger partial charge < -0.3 is 9.33 Å². The van der Waals surface area contributed by atoms with Crippen LogP contribution in [0.1, 0.15) is 53.4 Å². The summed E-state index contributed by atoms with van der Waals surface area (Å²) in [6.07, 6.45) is 6.54. The maximum atomic E-state index is 12.9. The van der Waals surface area contributed by atoms with Gasteiger partial charge in [-0.1, -0.05) is 32.4 Å². The first-order valence-electron chi connectivity index (χ1n) is 8.60. The molecule has 1 heterocycles. The van der Waals surface area contributed by atoms with Crippen LogP contribution in [0.2, 0.25) is 18.1 Å². The van der Waals surface area contributed by atoms with E-state index in [1.54, 1.807) is 0 Å². The second-order valence-electron chi connectivity index (χ2n) is 8.80. The van der Waals surface area contributed by atoms with Crippen LogP contribution < -0.4 is 0 Å². The molecule has 0 aromatic heterocycles. The molecule has 2 rings (SSSR count). The van der Waals surface area contributed by atoms with E-state index < -0.39 is 8.32 Å². The largest absolute Gasteiger partial charge is 0.415 e.